The molecule has 1 aromatic rings. The highest BCUT2D eigenvalue weighted by molar-refractivity contribution is 5.91. The van der Waals surface area contributed by atoms with Crippen molar-refractivity contribution in [2.75, 3.05) is 19.7 Å². The molecule has 0 aliphatic carbocycles. The molecule has 2 rings (SSSR count). The van der Waals surface area contributed by atoms with Crippen LogP contribution in [0.4, 0.5) is 5.69 Å². The summed E-state index contributed by atoms with van der Waals surface area (Å²) in [6.07, 6.45) is 5.09. The van der Waals surface area contributed by atoms with Gasteiger partial charge in [-0.25, -0.2) is 0 Å². The van der Waals surface area contributed by atoms with Crippen LogP contribution in [-0.2, 0) is 9.53 Å². The van der Waals surface area contributed by atoms with Gasteiger partial charge in [0, 0.05) is 37.9 Å². The molecule has 118 valence electrons. The Kier molecular flexibility index (Phi) is 5.66. The number of carbonyl (C=O) groups is 1. The average Bonchev–Trinajstić information content (AvgIpc) is 2.53. The van der Waals surface area contributed by atoms with Crippen LogP contribution in [0.3, 0.4) is 0 Å². The first-order valence-electron chi connectivity index (χ1n) is 7.43. The fourth-order valence-electron chi connectivity index (χ4n) is 2.53. The second kappa shape index (κ2) is 7.70. The molecule has 0 N–H and O–H groups in total. The van der Waals surface area contributed by atoms with Gasteiger partial charge in [0.25, 0.3) is 5.69 Å². The van der Waals surface area contributed by atoms with Crippen LogP contribution in [0.2, 0.25) is 0 Å². The van der Waals surface area contributed by atoms with Crippen LogP contribution in [0.5, 0.6) is 0 Å². The van der Waals surface area contributed by atoms with E-state index in [9.17, 15) is 14.9 Å². The molecule has 1 fully saturated rings. The smallest absolute Gasteiger partial charge is 0.270 e. The van der Waals surface area contributed by atoms with E-state index in [2.05, 4.69) is 0 Å². The minimum absolute atomic E-state index is 0.0176. The first-order valence-corrected chi connectivity index (χ1v) is 7.43. The summed E-state index contributed by atoms with van der Waals surface area (Å²) < 4.78 is 5.58. The summed E-state index contributed by atoms with van der Waals surface area (Å²) in [6, 6.07) is 6.21. The Balaban J connectivity index is 1.98. The van der Waals surface area contributed by atoms with Crippen molar-refractivity contribution in [2.45, 2.75) is 25.9 Å². The van der Waals surface area contributed by atoms with E-state index in [1.165, 1.54) is 18.2 Å². The first kappa shape index (κ1) is 16.2. The molecule has 1 amide bonds. The van der Waals surface area contributed by atoms with Crippen LogP contribution in [-0.4, -0.2) is 41.5 Å². The second-order valence-corrected chi connectivity index (χ2v) is 5.19. The van der Waals surface area contributed by atoms with E-state index in [0.717, 1.165) is 19.4 Å². The zero-order valence-electron chi connectivity index (χ0n) is 12.6. The van der Waals surface area contributed by atoms with Crippen molar-refractivity contribution in [3.63, 3.8) is 0 Å². The lowest BCUT2D eigenvalue weighted by Gasteiger charge is -2.31. The number of nitro benzene ring substituents is 1. The van der Waals surface area contributed by atoms with Gasteiger partial charge in [-0.3, -0.25) is 14.9 Å². The second-order valence-electron chi connectivity index (χ2n) is 5.19. The number of non-ortho nitro benzene ring substituents is 1. The summed E-state index contributed by atoms with van der Waals surface area (Å²) >= 11 is 0. The highest BCUT2D eigenvalue weighted by Crippen LogP contribution is 2.16. The number of amides is 1. The lowest BCUT2D eigenvalue weighted by atomic mass is 10.1. The first-order chi connectivity index (χ1) is 10.6. The Labute approximate surface area is 129 Å². The molecular formula is C16H20N2O4. The van der Waals surface area contributed by atoms with Gasteiger partial charge >= 0.3 is 0 Å². The van der Waals surface area contributed by atoms with Crippen molar-refractivity contribution >= 4 is 17.7 Å². The van der Waals surface area contributed by atoms with Crippen LogP contribution in [0.1, 0.15) is 25.3 Å². The number of benzene rings is 1. The SMILES string of the molecule is CCOC1CCCN(C(=O)/C=C/c2cccc([N+](=O)[O-])c2)C1. The lowest BCUT2D eigenvalue weighted by molar-refractivity contribution is -0.384. The van der Waals surface area contributed by atoms with E-state index in [1.807, 2.05) is 6.92 Å². The Bertz CT molecular complexity index is 569. The van der Waals surface area contributed by atoms with Crippen LogP contribution in [0.25, 0.3) is 6.08 Å². The summed E-state index contributed by atoms with van der Waals surface area (Å²) in [6.45, 7) is 3.92. The number of nitrogens with zero attached hydrogens (tertiary/aromatic N) is 2. The maximum Gasteiger partial charge on any atom is 0.270 e. The maximum atomic E-state index is 12.2. The Morgan fingerprint density at radius 2 is 2.36 bits per heavy atom. The quantitative estimate of drug-likeness (QED) is 0.476. The third kappa shape index (κ3) is 4.39. The maximum absolute atomic E-state index is 12.2. The zero-order chi connectivity index (χ0) is 15.9. The molecule has 6 heteroatoms. The normalized spacial score (nSPS) is 18.6. The standard InChI is InChI=1S/C16H20N2O4/c1-2-22-15-7-4-10-17(12-15)16(19)9-8-13-5-3-6-14(11-13)18(20)21/h3,5-6,8-9,11,15H,2,4,7,10,12H2,1H3/b9-8+. The molecule has 1 atom stereocenters. The topological polar surface area (TPSA) is 72.7 Å². The van der Waals surface area contributed by atoms with Gasteiger partial charge in [0.05, 0.1) is 11.0 Å². The minimum atomic E-state index is -0.448. The van der Waals surface area contributed by atoms with E-state index in [-0.39, 0.29) is 17.7 Å². The van der Waals surface area contributed by atoms with E-state index in [1.54, 1.807) is 23.1 Å². The molecule has 6 nitrogen and oxygen atoms in total. The number of likely N-dealkylation sites (tertiary alicyclic amines) is 1. The highest BCUT2D eigenvalue weighted by Gasteiger charge is 2.22. The molecule has 1 saturated heterocycles. The number of hydrogen-bond acceptors (Lipinski definition) is 4. The van der Waals surface area contributed by atoms with Gasteiger partial charge in [-0.15, -0.1) is 0 Å². The summed E-state index contributed by atoms with van der Waals surface area (Å²) in [5, 5.41) is 10.7. The zero-order valence-corrected chi connectivity index (χ0v) is 12.6. The fraction of sp³-hybridized carbons (Fsp3) is 0.438. The van der Waals surface area contributed by atoms with Crippen LogP contribution in [0, 0.1) is 10.1 Å². The summed E-state index contributed by atoms with van der Waals surface area (Å²) in [7, 11) is 0. The molecule has 1 aliphatic rings. The van der Waals surface area contributed by atoms with Gasteiger partial charge in [0.1, 0.15) is 0 Å². The number of hydrogen-bond donors (Lipinski definition) is 0. The van der Waals surface area contributed by atoms with Gasteiger partial charge in [-0.05, 0) is 31.4 Å². The van der Waals surface area contributed by atoms with Gasteiger partial charge in [-0.1, -0.05) is 12.1 Å². The fourth-order valence-corrected chi connectivity index (χ4v) is 2.53. The van der Waals surface area contributed by atoms with Crippen molar-refractivity contribution in [1.29, 1.82) is 0 Å². The van der Waals surface area contributed by atoms with Gasteiger partial charge < -0.3 is 9.64 Å². The van der Waals surface area contributed by atoms with Crippen LogP contribution >= 0.6 is 0 Å². The monoisotopic (exact) mass is 304 g/mol. The molecular weight excluding hydrogens is 284 g/mol. The minimum Gasteiger partial charge on any atom is -0.377 e. The lowest BCUT2D eigenvalue weighted by Crippen LogP contribution is -2.42. The van der Waals surface area contributed by atoms with Gasteiger partial charge in [-0.2, -0.15) is 0 Å². The Morgan fingerprint density at radius 3 is 3.09 bits per heavy atom. The third-order valence-corrected chi connectivity index (χ3v) is 3.59. The summed E-state index contributed by atoms with van der Waals surface area (Å²) in [5.74, 6) is -0.0871. The predicted octanol–water partition coefficient (Wildman–Crippen LogP) is 2.64. The van der Waals surface area contributed by atoms with E-state index in [4.69, 9.17) is 4.74 Å². The third-order valence-electron chi connectivity index (χ3n) is 3.59. The number of ether oxygens (including phenoxy) is 1. The highest BCUT2D eigenvalue weighted by atomic mass is 16.6. The van der Waals surface area contributed by atoms with Crippen molar-refractivity contribution in [2.24, 2.45) is 0 Å². The number of nitro groups is 1. The molecule has 0 aromatic heterocycles. The van der Waals surface area contributed by atoms with Gasteiger partial charge in [0.2, 0.25) is 5.91 Å². The van der Waals surface area contributed by atoms with E-state index in [0.29, 0.717) is 18.7 Å². The van der Waals surface area contributed by atoms with E-state index < -0.39 is 4.92 Å². The molecule has 1 aromatic carbocycles. The van der Waals surface area contributed by atoms with Gasteiger partial charge in [0.15, 0.2) is 0 Å². The number of carbonyl (C=O) groups excluding carboxylic acids is 1. The predicted molar refractivity (Wildman–Crippen MR) is 83.4 cm³/mol. The molecule has 0 bridgehead atoms. The van der Waals surface area contributed by atoms with Crippen molar-refractivity contribution in [1.82, 2.24) is 4.90 Å². The Morgan fingerprint density at radius 1 is 1.55 bits per heavy atom. The Hall–Kier alpha value is -2.21. The molecule has 0 saturated carbocycles. The average molecular weight is 304 g/mol. The van der Waals surface area contributed by atoms with Crippen molar-refractivity contribution in [3.8, 4) is 0 Å². The van der Waals surface area contributed by atoms with E-state index >= 15 is 0 Å². The molecule has 22 heavy (non-hydrogen) atoms. The van der Waals surface area contributed by atoms with Crippen molar-refractivity contribution in [3.05, 3.63) is 46.0 Å². The molecule has 0 spiro atoms. The van der Waals surface area contributed by atoms with Crippen molar-refractivity contribution < 1.29 is 14.5 Å². The van der Waals surface area contributed by atoms with Crippen LogP contribution in [0.15, 0.2) is 30.3 Å². The molecule has 1 aliphatic heterocycles. The van der Waals surface area contributed by atoms with Crippen LogP contribution < -0.4 is 0 Å². The molecule has 1 heterocycles. The summed E-state index contributed by atoms with van der Waals surface area (Å²) in [5.41, 5.74) is 0.657. The summed E-state index contributed by atoms with van der Waals surface area (Å²) in [4.78, 5) is 24.2. The number of rotatable bonds is 5. The molecule has 1 unspecified atom stereocenters. The number of piperidine rings is 1. The largest absolute Gasteiger partial charge is 0.377 e. The molecule has 0 radical (unpaired) electrons.